The molecule has 0 aromatic rings. The van der Waals surface area contributed by atoms with E-state index in [4.69, 9.17) is 0 Å². The fraction of sp³-hybridized carbons (Fsp3) is 1.00. The van der Waals surface area contributed by atoms with E-state index in [1.807, 2.05) is 11.8 Å². The summed E-state index contributed by atoms with van der Waals surface area (Å²) in [7, 11) is 2.15. The summed E-state index contributed by atoms with van der Waals surface area (Å²) >= 11 is 1.98. The Morgan fingerprint density at radius 1 is 1.24 bits per heavy atom. The van der Waals surface area contributed by atoms with Gasteiger partial charge in [-0.05, 0) is 13.5 Å². The van der Waals surface area contributed by atoms with Crippen molar-refractivity contribution in [2.24, 2.45) is 0 Å². The van der Waals surface area contributed by atoms with E-state index in [0.717, 1.165) is 18.7 Å². The van der Waals surface area contributed by atoms with Crippen LogP contribution in [0.5, 0.6) is 0 Å². The highest BCUT2D eigenvalue weighted by Crippen LogP contribution is 2.20. The minimum atomic E-state index is -0.112. The molecule has 1 heterocycles. The van der Waals surface area contributed by atoms with Crippen LogP contribution in [0.4, 0.5) is 0 Å². The maximum absolute atomic E-state index is 10.2. The van der Waals surface area contributed by atoms with Gasteiger partial charge in [-0.25, -0.2) is 0 Å². The van der Waals surface area contributed by atoms with Crippen LogP contribution in [0.25, 0.3) is 0 Å². The molecule has 1 rings (SSSR count). The molecule has 0 bridgehead atoms. The minimum Gasteiger partial charge on any atom is -0.391 e. The van der Waals surface area contributed by atoms with Crippen molar-refractivity contribution in [1.29, 1.82) is 0 Å². The third-order valence-electron chi connectivity index (χ3n) is 3.74. The number of thioether (sulfide) groups is 1. The summed E-state index contributed by atoms with van der Waals surface area (Å²) in [5.41, 5.74) is 0. The minimum absolute atomic E-state index is 0.112. The fourth-order valence-corrected chi connectivity index (χ4v) is 3.74. The molecule has 0 saturated carbocycles. The highest BCUT2D eigenvalue weighted by molar-refractivity contribution is 7.99. The van der Waals surface area contributed by atoms with Crippen molar-refractivity contribution in [3.05, 3.63) is 0 Å². The van der Waals surface area contributed by atoms with E-state index in [1.165, 1.54) is 44.3 Å². The molecule has 1 saturated heterocycles. The van der Waals surface area contributed by atoms with Gasteiger partial charge in [-0.2, -0.15) is 11.8 Å². The monoisotopic (exact) mass is 259 g/mol. The Bertz CT molecular complexity index is 189. The lowest BCUT2D eigenvalue weighted by atomic mass is 10.0. The topological polar surface area (TPSA) is 23.5 Å². The van der Waals surface area contributed by atoms with E-state index in [9.17, 15) is 5.11 Å². The van der Waals surface area contributed by atoms with Crippen LogP contribution >= 0.6 is 11.8 Å². The zero-order valence-electron chi connectivity index (χ0n) is 11.5. The summed E-state index contributed by atoms with van der Waals surface area (Å²) in [5, 5.41) is 10.2. The van der Waals surface area contributed by atoms with E-state index in [1.54, 1.807) is 0 Å². The van der Waals surface area contributed by atoms with Crippen LogP contribution in [-0.2, 0) is 0 Å². The Labute approximate surface area is 111 Å². The first kappa shape index (κ1) is 15.3. The Morgan fingerprint density at radius 2 is 1.94 bits per heavy atom. The van der Waals surface area contributed by atoms with Crippen LogP contribution in [0.1, 0.15) is 51.9 Å². The van der Waals surface area contributed by atoms with Crippen molar-refractivity contribution in [1.82, 2.24) is 4.90 Å². The first-order valence-electron chi connectivity index (χ1n) is 7.21. The summed E-state index contributed by atoms with van der Waals surface area (Å²) in [5.74, 6) is 2.32. The summed E-state index contributed by atoms with van der Waals surface area (Å²) < 4.78 is 0. The Kier molecular flexibility index (Phi) is 8.33. The second-order valence-corrected chi connectivity index (χ2v) is 6.40. The van der Waals surface area contributed by atoms with Crippen LogP contribution in [-0.4, -0.2) is 47.3 Å². The molecular weight excluding hydrogens is 230 g/mol. The van der Waals surface area contributed by atoms with E-state index in [2.05, 4.69) is 18.9 Å². The quantitative estimate of drug-likeness (QED) is 0.677. The van der Waals surface area contributed by atoms with E-state index in [0.29, 0.717) is 6.04 Å². The normalized spacial score (nSPS) is 23.8. The van der Waals surface area contributed by atoms with Gasteiger partial charge in [-0.1, -0.05) is 45.4 Å². The van der Waals surface area contributed by atoms with Crippen molar-refractivity contribution in [3.8, 4) is 0 Å². The molecule has 102 valence electrons. The molecule has 0 aromatic carbocycles. The third kappa shape index (κ3) is 6.12. The van der Waals surface area contributed by atoms with Crippen LogP contribution < -0.4 is 0 Å². The van der Waals surface area contributed by atoms with Crippen molar-refractivity contribution in [2.75, 3.05) is 25.1 Å². The van der Waals surface area contributed by atoms with E-state index >= 15 is 0 Å². The molecule has 1 N–H and O–H groups in total. The standard InChI is InChI=1S/C14H29NOS/c1-3-4-5-6-7-8-9-14(16)13-12-17-11-10-15(13)2/h13-14,16H,3-12H2,1-2H3. The lowest BCUT2D eigenvalue weighted by Crippen LogP contribution is -2.46. The molecule has 1 aliphatic heterocycles. The Hall–Kier alpha value is 0.270. The zero-order valence-corrected chi connectivity index (χ0v) is 12.3. The molecule has 1 aliphatic rings. The lowest BCUT2D eigenvalue weighted by Gasteiger charge is -2.35. The smallest absolute Gasteiger partial charge is 0.0703 e. The van der Waals surface area contributed by atoms with Gasteiger partial charge in [0.05, 0.1) is 6.10 Å². The number of nitrogens with zero attached hydrogens (tertiary/aromatic N) is 1. The molecule has 3 heteroatoms. The summed E-state index contributed by atoms with van der Waals surface area (Å²) in [6.07, 6.45) is 8.75. The van der Waals surface area contributed by atoms with Crippen LogP contribution in [0, 0.1) is 0 Å². The van der Waals surface area contributed by atoms with Gasteiger partial charge < -0.3 is 5.11 Å². The van der Waals surface area contributed by atoms with Crippen molar-refractivity contribution in [3.63, 3.8) is 0 Å². The van der Waals surface area contributed by atoms with Gasteiger partial charge in [0.1, 0.15) is 0 Å². The van der Waals surface area contributed by atoms with Gasteiger partial charge in [0, 0.05) is 24.1 Å². The van der Waals surface area contributed by atoms with Crippen molar-refractivity contribution >= 4 is 11.8 Å². The first-order valence-corrected chi connectivity index (χ1v) is 8.37. The van der Waals surface area contributed by atoms with Gasteiger partial charge >= 0.3 is 0 Å². The molecule has 0 aliphatic carbocycles. The molecule has 0 spiro atoms. The van der Waals surface area contributed by atoms with Gasteiger partial charge in [-0.15, -0.1) is 0 Å². The molecule has 0 amide bonds. The lowest BCUT2D eigenvalue weighted by molar-refractivity contribution is 0.0674. The van der Waals surface area contributed by atoms with Gasteiger partial charge in [0.15, 0.2) is 0 Å². The highest BCUT2D eigenvalue weighted by atomic mass is 32.2. The molecule has 17 heavy (non-hydrogen) atoms. The molecule has 0 aromatic heterocycles. The predicted molar refractivity (Wildman–Crippen MR) is 77.7 cm³/mol. The van der Waals surface area contributed by atoms with Crippen LogP contribution in [0.3, 0.4) is 0 Å². The maximum Gasteiger partial charge on any atom is 0.0703 e. The van der Waals surface area contributed by atoms with E-state index in [-0.39, 0.29) is 6.10 Å². The van der Waals surface area contributed by atoms with Gasteiger partial charge in [0.2, 0.25) is 0 Å². The summed E-state index contributed by atoms with van der Waals surface area (Å²) in [6.45, 7) is 3.38. The predicted octanol–water partition coefficient (Wildman–Crippen LogP) is 3.15. The van der Waals surface area contributed by atoms with Gasteiger partial charge in [0.25, 0.3) is 0 Å². The molecule has 0 radical (unpaired) electrons. The van der Waals surface area contributed by atoms with E-state index < -0.39 is 0 Å². The molecule has 2 unspecified atom stereocenters. The Balaban J connectivity index is 2.05. The maximum atomic E-state index is 10.2. The third-order valence-corrected chi connectivity index (χ3v) is 4.79. The second kappa shape index (κ2) is 9.23. The number of aliphatic hydroxyl groups excluding tert-OH is 1. The van der Waals surface area contributed by atoms with Crippen molar-refractivity contribution in [2.45, 2.75) is 64.0 Å². The van der Waals surface area contributed by atoms with Crippen molar-refractivity contribution < 1.29 is 5.11 Å². The van der Waals surface area contributed by atoms with Crippen LogP contribution in [0.2, 0.25) is 0 Å². The average molecular weight is 259 g/mol. The molecule has 2 atom stereocenters. The number of hydrogen-bond donors (Lipinski definition) is 1. The number of hydrogen-bond acceptors (Lipinski definition) is 3. The Morgan fingerprint density at radius 3 is 2.65 bits per heavy atom. The number of likely N-dealkylation sites (N-methyl/N-ethyl adjacent to an activating group) is 1. The SMILES string of the molecule is CCCCCCCCC(O)C1CSCCN1C. The van der Waals surface area contributed by atoms with Gasteiger partial charge in [-0.3, -0.25) is 4.90 Å². The molecular formula is C14H29NOS. The largest absolute Gasteiger partial charge is 0.391 e. The highest BCUT2D eigenvalue weighted by Gasteiger charge is 2.25. The summed E-state index contributed by atoms with van der Waals surface area (Å²) in [4.78, 5) is 2.33. The number of unbranched alkanes of at least 4 members (excludes halogenated alkanes) is 5. The molecule has 2 nitrogen and oxygen atoms in total. The first-order chi connectivity index (χ1) is 8.25. The average Bonchev–Trinajstić information content (AvgIpc) is 2.34. The zero-order chi connectivity index (χ0) is 12.5. The summed E-state index contributed by atoms with van der Waals surface area (Å²) in [6, 6.07) is 0.393. The van der Waals surface area contributed by atoms with Crippen LogP contribution in [0.15, 0.2) is 0 Å². The fourth-order valence-electron chi connectivity index (χ4n) is 2.44. The second-order valence-electron chi connectivity index (χ2n) is 5.25. The molecule has 1 fully saturated rings. The number of aliphatic hydroxyl groups is 1. The number of rotatable bonds is 8.